The van der Waals surface area contributed by atoms with Crippen LogP contribution in [0.3, 0.4) is 0 Å². The summed E-state index contributed by atoms with van der Waals surface area (Å²) < 4.78 is 5.31. The number of carbonyl (C=O) groups excluding carboxylic acids is 2. The Morgan fingerprint density at radius 1 is 1.03 bits per heavy atom. The first-order valence-electron chi connectivity index (χ1n) is 10.4. The van der Waals surface area contributed by atoms with Gasteiger partial charge in [-0.25, -0.2) is 5.01 Å². The number of benzene rings is 1. The van der Waals surface area contributed by atoms with Crippen LogP contribution < -0.4 is 0 Å². The highest BCUT2D eigenvalue weighted by atomic mass is 16.5. The van der Waals surface area contributed by atoms with Gasteiger partial charge in [-0.05, 0) is 31.2 Å². The average Bonchev–Trinajstić information content (AvgIpc) is 3.30. The van der Waals surface area contributed by atoms with Gasteiger partial charge in [0.2, 0.25) is 5.91 Å². The van der Waals surface area contributed by atoms with Gasteiger partial charge in [0, 0.05) is 43.6 Å². The number of carbonyl (C=O) groups is 2. The highest BCUT2D eigenvalue weighted by Crippen LogP contribution is 2.40. The molecule has 0 radical (unpaired) electrons. The summed E-state index contributed by atoms with van der Waals surface area (Å²) in [4.78, 5) is 27.6. The van der Waals surface area contributed by atoms with E-state index in [-0.39, 0.29) is 23.8 Å². The molecule has 0 spiro atoms. The first-order valence-corrected chi connectivity index (χ1v) is 10.4. The highest BCUT2D eigenvalue weighted by molar-refractivity contribution is 5.92. The van der Waals surface area contributed by atoms with Gasteiger partial charge in [-0.15, -0.1) is 0 Å². The molecule has 7 nitrogen and oxygen atoms in total. The minimum Gasteiger partial charge on any atom is -0.360 e. The number of nitrogens with zero attached hydrogens (tertiary/aromatic N) is 4. The highest BCUT2D eigenvalue weighted by Gasteiger charge is 2.36. The van der Waals surface area contributed by atoms with Crippen LogP contribution in [0.4, 0.5) is 0 Å². The van der Waals surface area contributed by atoms with E-state index < -0.39 is 0 Å². The van der Waals surface area contributed by atoms with Crippen molar-refractivity contribution in [3.63, 3.8) is 0 Å². The lowest BCUT2D eigenvalue weighted by Crippen LogP contribution is -2.43. The van der Waals surface area contributed by atoms with E-state index in [4.69, 9.17) is 4.52 Å². The van der Waals surface area contributed by atoms with Crippen LogP contribution in [0.25, 0.3) is 0 Å². The van der Waals surface area contributed by atoms with E-state index in [0.29, 0.717) is 37.5 Å². The maximum atomic E-state index is 13.1. The lowest BCUT2D eigenvalue weighted by molar-refractivity contribution is -0.138. The van der Waals surface area contributed by atoms with Gasteiger partial charge in [0.05, 0.1) is 6.04 Å². The molecular formula is C22H24N4O3. The van der Waals surface area contributed by atoms with Gasteiger partial charge in [0.25, 0.3) is 5.91 Å². The Balaban J connectivity index is 1.20. The standard InChI is InChI=1S/C22H24N4O3/c27-21(26-19(8-11-23-26)15-4-2-1-3-5-15)17-9-12-25(13-10-17)22(28)18-14-20(29-24-18)16-6-7-16/h1-5,11,14,16-17,19H,6-10,12-13H2. The molecule has 1 aliphatic carbocycles. The smallest absolute Gasteiger partial charge is 0.276 e. The Hall–Kier alpha value is -2.96. The van der Waals surface area contributed by atoms with Crippen LogP contribution in [-0.4, -0.2) is 46.2 Å². The second-order valence-electron chi connectivity index (χ2n) is 8.10. The number of rotatable bonds is 4. The molecule has 1 saturated heterocycles. The molecule has 2 aromatic rings. The van der Waals surface area contributed by atoms with E-state index in [2.05, 4.69) is 10.3 Å². The van der Waals surface area contributed by atoms with Crippen molar-refractivity contribution in [2.75, 3.05) is 13.1 Å². The third-order valence-electron chi connectivity index (χ3n) is 6.10. The second kappa shape index (κ2) is 7.46. The van der Waals surface area contributed by atoms with Crippen molar-refractivity contribution >= 4 is 18.0 Å². The van der Waals surface area contributed by atoms with Crippen molar-refractivity contribution < 1.29 is 14.1 Å². The summed E-state index contributed by atoms with van der Waals surface area (Å²) in [6.07, 6.45) is 6.06. The van der Waals surface area contributed by atoms with Crippen LogP contribution in [0, 0.1) is 5.92 Å². The topological polar surface area (TPSA) is 79.0 Å². The fourth-order valence-electron chi connectivity index (χ4n) is 4.21. The van der Waals surface area contributed by atoms with Crippen molar-refractivity contribution in [2.45, 2.75) is 44.1 Å². The number of hydrazone groups is 1. The van der Waals surface area contributed by atoms with Crippen molar-refractivity contribution in [2.24, 2.45) is 11.0 Å². The Bertz CT molecular complexity index is 927. The van der Waals surface area contributed by atoms with E-state index in [1.807, 2.05) is 36.5 Å². The van der Waals surface area contributed by atoms with Gasteiger partial charge < -0.3 is 9.42 Å². The van der Waals surface area contributed by atoms with Crippen LogP contribution >= 0.6 is 0 Å². The molecular weight excluding hydrogens is 368 g/mol. The number of hydrogen-bond donors (Lipinski definition) is 0. The predicted octanol–water partition coefficient (Wildman–Crippen LogP) is 3.36. The van der Waals surface area contributed by atoms with Crippen LogP contribution in [0.15, 0.2) is 46.0 Å². The second-order valence-corrected chi connectivity index (χ2v) is 8.10. The molecule has 29 heavy (non-hydrogen) atoms. The molecule has 2 amide bonds. The molecule has 2 aliphatic heterocycles. The monoisotopic (exact) mass is 392 g/mol. The van der Waals surface area contributed by atoms with Gasteiger partial charge in [-0.3, -0.25) is 9.59 Å². The summed E-state index contributed by atoms with van der Waals surface area (Å²) in [5, 5.41) is 9.94. The molecule has 1 aromatic heterocycles. The molecule has 2 fully saturated rings. The molecule has 1 aromatic carbocycles. The van der Waals surface area contributed by atoms with E-state index >= 15 is 0 Å². The van der Waals surface area contributed by atoms with Crippen molar-refractivity contribution in [1.82, 2.24) is 15.1 Å². The fraction of sp³-hybridized carbons (Fsp3) is 0.455. The normalized spacial score (nSPS) is 22.3. The minimum absolute atomic E-state index is 0.0284. The van der Waals surface area contributed by atoms with Gasteiger partial charge in [-0.1, -0.05) is 35.5 Å². The first-order chi connectivity index (χ1) is 14.2. The average molecular weight is 392 g/mol. The van der Waals surface area contributed by atoms with Gasteiger partial charge in [0.1, 0.15) is 5.76 Å². The number of amides is 2. The molecule has 0 bridgehead atoms. The van der Waals surface area contributed by atoms with Crippen LogP contribution in [0.1, 0.15) is 65.9 Å². The van der Waals surface area contributed by atoms with Crippen molar-refractivity contribution in [3.8, 4) is 0 Å². The zero-order valence-electron chi connectivity index (χ0n) is 16.2. The largest absolute Gasteiger partial charge is 0.360 e. The van der Waals surface area contributed by atoms with Crippen molar-refractivity contribution in [1.29, 1.82) is 0 Å². The molecule has 3 heterocycles. The fourth-order valence-corrected chi connectivity index (χ4v) is 4.21. The van der Waals surface area contributed by atoms with E-state index in [1.54, 1.807) is 16.0 Å². The van der Waals surface area contributed by atoms with E-state index in [0.717, 1.165) is 30.6 Å². The Labute approximate surface area is 169 Å². The summed E-state index contributed by atoms with van der Waals surface area (Å²) >= 11 is 0. The lowest BCUT2D eigenvalue weighted by atomic mass is 9.94. The van der Waals surface area contributed by atoms with E-state index in [1.165, 1.54) is 0 Å². The third kappa shape index (κ3) is 3.57. The summed E-state index contributed by atoms with van der Waals surface area (Å²) in [5.74, 6) is 1.09. The van der Waals surface area contributed by atoms with Crippen LogP contribution in [-0.2, 0) is 4.79 Å². The maximum Gasteiger partial charge on any atom is 0.276 e. The molecule has 3 aliphatic rings. The molecule has 150 valence electrons. The van der Waals surface area contributed by atoms with Crippen LogP contribution in [0.5, 0.6) is 0 Å². The molecule has 7 heteroatoms. The minimum atomic E-state index is -0.111. The van der Waals surface area contributed by atoms with Crippen LogP contribution in [0.2, 0.25) is 0 Å². The molecule has 5 rings (SSSR count). The molecule has 1 unspecified atom stereocenters. The zero-order valence-corrected chi connectivity index (χ0v) is 16.2. The Morgan fingerprint density at radius 2 is 1.79 bits per heavy atom. The quantitative estimate of drug-likeness (QED) is 0.799. The summed E-state index contributed by atoms with van der Waals surface area (Å²) in [6, 6.07) is 11.8. The third-order valence-corrected chi connectivity index (χ3v) is 6.10. The predicted molar refractivity (Wildman–Crippen MR) is 106 cm³/mol. The first kappa shape index (κ1) is 18.1. The van der Waals surface area contributed by atoms with E-state index in [9.17, 15) is 9.59 Å². The SMILES string of the molecule is O=C(c1cc(C2CC2)on1)N1CCC(C(=O)N2N=CCC2c2ccccc2)CC1. The summed E-state index contributed by atoms with van der Waals surface area (Å²) in [5.41, 5.74) is 1.48. The Kier molecular flexibility index (Phi) is 4.66. The molecule has 1 atom stereocenters. The van der Waals surface area contributed by atoms with Gasteiger partial charge in [-0.2, -0.15) is 5.10 Å². The molecule has 1 saturated carbocycles. The number of likely N-dealkylation sites (tertiary alicyclic amines) is 1. The maximum absolute atomic E-state index is 13.1. The number of piperidine rings is 1. The number of aromatic nitrogens is 1. The van der Waals surface area contributed by atoms with Gasteiger partial charge >= 0.3 is 0 Å². The number of hydrogen-bond acceptors (Lipinski definition) is 5. The van der Waals surface area contributed by atoms with Crippen molar-refractivity contribution in [3.05, 3.63) is 53.4 Å². The van der Waals surface area contributed by atoms with Gasteiger partial charge in [0.15, 0.2) is 5.69 Å². The molecule has 0 N–H and O–H groups in total. The Morgan fingerprint density at radius 3 is 2.52 bits per heavy atom. The summed E-state index contributed by atoms with van der Waals surface area (Å²) in [7, 11) is 0. The summed E-state index contributed by atoms with van der Waals surface area (Å²) in [6.45, 7) is 1.10. The zero-order chi connectivity index (χ0) is 19.8. The lowest BCUT2D eigenvalue weighted by Gasteiger charge is -2.33.